The minimum Gasteiger partial charge on any atom is -0.0616 e. The fourth-order valence-electron chi connectivity index (χ4n) is 3.84. The van der Waals surface area contributed by atoms with Gasteiger partial charge in [0.15, 0.2) is 0 Å². The van der Waals surface area contributed by atoms with Crippen molar-refractivity contribution in [3.63, 3.8) is 0 Å². The average Bonchev–Trinajstić information content (AvgIpc) is 2.73. The molecule has 0 saturated heterocycles. The monoisotopic (exact) mass is 408 g/mol. The Bertz CT molecular complexity index is 1260. The number of benzene rings is 5. The molecule has 0 aliphatic rings. The molecular weight excluding hydrogens is 392 g/mol. The summed E-state index contributed by atoms with van der Waals surface area (Å²) in [4.78, 5) is 0. The maximum absolute atomic E-state index is 3.72. The molecule has 5 aromatic carbocycles. The molecule has 5 aromatic rings. The van der Waals surface area contributed by atoms with Crippen LogP contribution in [0.3, 0.4) is 0 Å². The number of hydrogen-bond donors (Lipinski definition) is 0. The van der Waals surface area contributed by atoms with Gasteiger partial charge in [0, 0.05) is 9.86 Å². The maximum atomic E-state index is 3.72. The van der Waals surface area contributed by atoms with E-state index in [1.165, 1.54) is 43.8 Å². The third-order valence-electron chi connectivity index (χ3n) is 5.15. The van der Waals surface area contributed by atoms with E-state index in [9.17, 15) is 0 Å². The Morgan fingerprint density at radius 2 is 1.00 bits per heavy atom. The second-order valence-electron chi connectivity index (χ2n) is 6.75. The summed E-state index contributed by atoms with van der Waals surface area (Å²) in [6.45, 7) is 0. The van der Waals surface area contributed by atoms with Crippen LogP contribution in [0.2, 0.25) is 0 Å². The summed E-state index contributed by atoms with van der Waals surface area (Å²) >= 11 is 3.72. The predicted molar refractivity (Wildman–Crippen MR) is 120 cm³/mol. The molecule has 0 heterocycles. The summed E-state index contributed by atoms with van der Waals surface area (Å²) in [5, 5.41) is 5.08. The van der Waals surface area contributed by atoms with Gasteiger partial charge in [-0.05, 0) is 44.5 Å². The zero-order valence-corrected chi connectivity index (χ0v) is 16.3. The van der Waals surface area contributed by atoms with E-state index < -0.39 is 0 Å². The molecule has 0 amide bonds. The van der Waals surface area contributed by atoms with Gasteiger partial charge in [-0.15, -0.1) is 0 Å². The fourth-order valence-corrected chi connectivity index (χ4v) is 4.44. The first-order valence-electron chi connectivity index (χ1n) is 9.07. The normalized spacial score (nSPS) is 11.1. The van der Waals surface area contributed by atoms with E-state index >= 15 is 0 Å². The standard InChI is InChI=1S/C26H17Br/c27-25-13-5-9-21-8-4-12-24(26(21)25)20-16-14-19(15-17-20)23-11-3-7-18-6-1-2-10-22(18)23/h1-17H. The van der Waals surface area contributed by atoms with Crippen LogP contribution >= 0.6 is 15.9 Å². The largest absolute Gasteiger partial charge is 0.0616 e. The molecule has 0 bridgehead atoms. The Balaban J connectivity index is 1.64. The third kappa shape index (κ3) is 2.85. The van der Waals surface area contributed by atoms with Gasteiger partial charge in [-0.1, -0.05) is 113 Å². The minimum atomic E-state index is 1.13. The Hall–Kier alpha value is -2.90. The van der Waals surface area contributed by atoms with Crippen molar-refractivity contribution in [3.8, 4) is 22.3 Å². The van der Waals surface area contributed by atoms with Crippen molar-refractivity contribution < 1.29 is 0 Å². The first kappa shape index (κ1) is 16.3. The average molecular weight is 409 g/mol. The van der Waals surface area contributed by atoms with Crippen molar-refractivity contribution in [3.05, 3.63) is 108 Å². The Morgan fingerprint density at radius 1 is 0.444 bits per heavy atom. The molecule has 0 aliphatic carbocycles. The van der Waals surface area contributed by atoms with Crippen LogP contribution in [0.15, 0.2) is 108 Å². The van der Waals surface area contributed by atoms with Crippen LogP contribution in [-0.2, 0) is 0 Å². The molecular formula is C26H17Br. The second-order valence-corrected chi connectivity index (χ2v) is 7.60. The molecule has 0 spiro atoms. The molecule has 0 aromatic heterocycles. The Labute approximate surface area is 167 Å². The van der Waals surface area contributed by atoms with Gasteiger partial charge in [-0.25, -0.2) is 0 Å². The van der Waals surface area contributed by atoms with E-state index in [2.05, 4.69) is 119 Å². The van der Waals surface area contributed by atoms with Crippen LogP contribution in [0.4, 0.5) is 0 Å². The number of halogens is 1. The highest BCUT2D eigenvalue weighted by molar-refractivity contribution is 9.10. The van der Waals surface area contributed by atoms with Gasteiger partial charge in [-0.2, -0.15) is 0 Å². The van der Waals surface area contributed by atoms with Gasteiger partial charge in [0.05, 0.1) is 0 Å². The van der Waals surface area contributed by atoms with Gasteiger partial charge in [0.25, 0.3) is 0 Å². The van der Waals surface area contributed by atoms with Gasteiger partial charge in [-0.3, -0.25) is 0 Å². The van der Waals surface area contributed by atoms with Crippen molar-refractivity contribution >= 4 is 37.5 Å². The van der Waals surface area contributed by atoms with Crippen molar-refractivity contribution in [1.29, 1.82) is 0 Å². The molecule has 5 rings (SSSR count). The zero-order valence-electron chi connectivity index (χ0n) is 14.7. The molecule has 0 atom stereocenters. The number of fused-ring (bicyclic) bond motifs is 2. The minimum absolute atomic E-state index is 1.13. The summed E-state index contributed by atoms with van der Waals surface area (Å²) in [5.41, 5.74) is 5.01. The van der Waals surface area contributed by atoms with Gasteiger partial charge >= 0.3 is 0 Å². The molecule has 0 saturated carbocycles. The molecule has 0 N–H and O–H groups in total. The Morgan fingerprint density at radius 3 is 1.78 bits per heavy atom. The van der Waals surface area contributed by atoms with Crippen LogP contribution in [0.5, 0.6) is 0 Å². The van der Waals surface area contributed by atoms with Gasteiger partial charge < -0.3 is 0 Å². The summed E-state index contributed by atoms with van der Waals surface area (Å²) < 4.78 is 1.13. The van der Waals surface area contributed by atoms with Crippen LogP contribution in [0.1, 0.15) is 0 Å². The molecule has 1 heteroatoms. The number of rotatable bonds is 2. The summed E-state index contributed by atoms with van der Waals surface area (Å²) in [6.07, 6.45) is 0. The van der Waals surface area contributed by atoms with Crippen molar-refractivity contribution in [2.75, 3.05) is 0 Å². The Kier molecular flexibility index (Phi) is 4.03. The molecule has 0 aliphatic heterocycles. The summed E-state index contributed by atoms with van der Waals surface area (Å²) in [5.74, 6) is 0. The fraction of sp³-hybridized carbons (Fsp3) is 0. The smallest absolute Gasteiger partial charge is 0.0259 e. The second kappa shape index (κ2) is 6.68. The van der Waals surface area contributed by atoms with E-state index in [1.54, 1.807) is 0 Å². The van der Waals surface area contributed by atoms with Crippen LogP contribution in [-0.4, -0.2) is 0 Å². The van der Waals surface area contributed by atoms with Crippen LogP contribution in [0.25, 0.3) is 43.8 Å². The molecule has 27 heavy (non-hydrogen) atoms. The number of hydrogen-bond acceptors (Lipinski definition) is 0. The lowest BCUT2D eigenvalue weighted by Crippen LogP contribution is -1.85. The van der Waals surface area contributed by atoms with E-state index in [4.69, 9.17) is 0 Å². The highest BCUT2D eigenvalue weighted by atomic mass is 79.9. The molecule has 0 nitrogen and oxygen atoms in total. The molecule has 0 unspecified atom stereocenters. The highest BCUT2D eigenvalue weighted by Crippen LogP contribution is 2.35. The summed E-state index contributed by atoms with van der Waals surface area (Å²) in [7, 11) is 0. The quantitative estimate of drug-likeness (QED) is 0.276. The lowest BCUT2D eigenvalue weighted by Gasteiger charge is -2.11. The first-order valence-corrected chi connectivity index (χ1v) is 9.86. The molecule has 0 radical (unpaired) electrons. The van der Waals surface area contributed by atoms with E-state index in [1.807, 2.05) is 0 Å². The van der Waals surface area contributed by atoms with Crippen molar-refractivity contribution in [2.24, 2.45) is 0 Å². The molecule has 128 valence electrons. The van der Waals surface area contributed by atoms with Crippen molar-refractivity contribution in [1.82, 2.24) is 0 Å². The van der Waals surface area contributed by atoms with Crippen LogP contribution in [0, 0.1) is 0 Å². The highest BCUT2D eigenvalue weighted by Gasteiger charge is 2.08. The SMILES string of the molecule is Brc1cccc2cccc(-c3ccc(-c4cccc5ccccc45)cc3)c12. The summed E-state index contributed by atoms with van der Waals surface area (Å²) in [6, 6.07) is 36.8. The van der Waals surface area contributed by atoms with Crippen molar-refractivity contribution in [2.45, 2.75) is 0 Å². The molecule has 0 fully saturated rings. The lowest BCUT2D eigenvalue weighted by atomic mass is 9.94. The lowest BCUT2D eigenvalue weighted by molar-refractivity contribution is 1.62. The zero-order chi connectivity index (χ0) is 18.2. The maximum Gasteiger partial charge on any atom is 0.0259 e. The third-order valence-corrected chi connectivity index (χ3v) is 5.81. The first-order chi connectivity index (χ1) is 13.3. The topological polar surface area (TPSA) is 0 Å². The van der Waals surface area contributed by atoms with E-state index in [0.717, 1.165) is 4.47 Å². The van der Waals surface area contributed by atoms with Gasteiger partial charge in [0.2, 0.25) is 0 Å². The van der Waals surface area contributed by atoms with E-state index in [0.29, 0.717) is 0 Å². The van der Waals surface area contributed by atoms with E-state index in [-0.39, 0.29) is 0 Å². The predicted octanol–water partition coefficient (Wildman–Crippen LogP) is 8.09. The van der Waals surface area contributed by atoms with Crippen LogP contribution < -0.4 is 0 Å². The van der Waals surface area contributed by atoms with Gasteiger partial charge in [0.1, 0.15) is 0 Å².